The molecular formula is C30H37FN4. The van der Waals surface area contributed by atoms with Crippen LogP contribution in [-0.4, -0.2) is 58.2 Å². The number of benzene rings is 2. The van der Waals surface area contributed by atoms with Gasteiger partial charge in [0, 0.05) is 53.5 Å². The summed E-state index contributed by atoms with van der Waals surface area (Å²) < 4.78 is 13.3. The Morgan fingerprint density at radius 2 is 1.89 bits per heavy atom. The molecule has 1 aromatic heterocycles. The van der Waals surface area contributed by atoms with Crippen molar-refractivity contribution in [2.75, 3.05) is 25.0 Å². The number of aromatic nitrogens is 1. The number of rotatable bonds is 6. The van der Waals surface area contributed by atoms with Crippen LogP contribution in [0.25, 0.3) is 10.9 Å². The number of nitrogens with zero attached hydrogens (tertiary/aromatic N) is 2. The van der Waals surface area contributed by atoms with E-state index in [1.165, 1.54) is 59.1 Å². The third-order valence-electron chi connectivity index (χ3n) is 9.34. The van der Waals surface area contributed by atoms with Gasteiger partial charge in [-0.15, -0.1) is 0 Å². The lowest BCUT2D eigenvalue weighted by atomic mass is 9.72. The molecule has 3 aliphatic carbocycles. The second-order valence-corrected chi connectivity index (χ2v) is 11.9. The molecule has 0 unspecified atom stereocenters. The summed E-state index contributed by atoms with van der Waals surface area (Å²) in [5, 5.41) is 5.05. The first-order valence-electron chi connectivity index (χ1n) is 13.6. The Balaban J connectivity index is 1.20. The number of halogens is 1. The first kappa shape index (κ1) is 21.9. The highest BCUT2D eigenvalue weighted by Crippen LogP contribution is 2.60. The van der Waals surface area contributed by atoms with Gasteiger partial charge in [-0.1, -0.05) is 30.3 Å². The van der Waals surface area contributed by atoms with Gasteiger partial charge >= 0.3 is 0 Å². The SMILES string of the molecule is C[C@@H]1Cc2c([nH]c3ccccc23)[C@@H](c2ccc(NC3CN(C[C@@H](C)F)C3)cc2)N1C12CCC(C1)C2. The topological polar surface area (TPSA) is 34.3 Å². The van der Waals surface area contributed by atoms with Crippen LogP contribution in [0.5, 0.6) is 0 Å². The Hall–Kier alpha value is -2.37. The van der Waals surface area contributed by atoms with Gasteiger partial charge in [0.1, 0.15) is 6.17 Å². The van der Waals surface area contributed by atoms with Crippen LogP contribution in [0, 0.1) is 5.92 Å². The van der Waals surface area contributed by atoms with Crippen molar-refractivity contribution in [1.29, 1.82) is 0 Å². The molecule has 3 saturated carbocycles. The predicted molar refractivity (Wildman–Crippen MR) is 141 cm³/mol. The van der Waals surface area contributed by atoms with Crippen molar-refractivity contribution in [2.45, 2.75) is 75.8 Å². The second kappa shape index (κ2) is 8.07. The Morgan fingerprint density at radius 3 is 2.60 bits per heavy atom. The van der Waals surface area contributed by atoms with Gasteiger partial charge in [-0.05, 0) is 81.2 Å². The third kappa shape index (κ3) is 3.54. The monoisotopic (exact) mass is 472 g/mol. The summed E-state index contributed by atoms with van der Waals surface area (Å²) in [6.45, 7) is 6.48. The molecule has 8 rings (SSSR count). The maximum absolute atomic E-state index is 13.3. The number of para-hydroxylation sites is 1. The quantitative estimate of drug-likeness (QED) is 0.469. The molecule has 2 N–H and O–H groups in total. The molecule has 4 nitrogen and oxygen atoms in total. The molecule has 4 fully saturated rings. The van der Waals surface area contributed by atoms with E-state index in [4.69, 9.17) is 0 Å². The van der Waals surface area contributed by atoms with Crippen LogP contribution in [0.4, 0.5) is 10.1 Å². The largest absolute Gasteiger partial charge is 0.380 e. The minimum Gasteiger partial charge on any atom is -0.380 e. The third-order valence-corrected chi connectivity index (χ3v) is 9.34. The molecule has 0 spiro atoms. The van der Waals surface area contributed by atoms with Gasteiger partial charge in [-0.3, -0.25) is 9.80 Å². The fourth-order valence-corrected chi connectivity index (χ4v) is 7.93. The van der Waals surface area contributed by atoms with E-state index in [1.807, 2.05) is 0 Å². The minimum absolute atomic E-state index is 0.277. The minimum atomic E-state index is -0.754. The number of aromatic amines is 1. The van der Waals surface area contributed by atoms with Crippen molar-refractivity contribution in [3.05, 3.63) is 65.4 Å². The predicted octanol–water partition coefficient (Wildman–Crippen LogP) is 5.90. The molecule has 5 aliphatic rings. The first-order valence-corrected chi connectivity index (χ1v) is 13.6. The molecule has 0 amide bonds. The van der Waals surface area contributed by atoms with E-state index in [-0.39, 0.29) is 6.04 Å². The van der Waals surface area contributed by atoms with E-state index in [9.17, 15) is 4.39 Å². The zero-order chi connectivity index (χ0) is 23.7. The van der Waals surface area contributed by atoms with Crippen molar-refractivity contribution in [3.63, 3.8) is 0 Å². The molecular weight excluding hydrogens is 435 g/mol. The van der Waals surface area contributed by atoms with Crippen LogP contribution >= 0.6 is 0 Å². The summed E-state index contributed by atoms with van der Waals surface area (Å²) in [7, 11) is 0. The Labute approximate surface area is 207 Å². The van der Waals surface area contributed by atoms with Crippen molar-refractivity contribution in [2.24, 2.45) is 5.92 Å². The average molecular weight is 473 g/mol. The van der Waals surface area contributed by atoms with Crippen LogP contribution in [0.15, 0.2) is 48.5 Å². The van der Waals surface area contributed by atoms with Crippen LogP contribution in [0.2, 0.25) is 0 Å². The lowest BCUT2D eigenvalue weighted by Crippen LogP contribution is -2.59. The van der Waals surface area contributed by atoms with E-state index in [1.54, 1.807) is 6.92 Å². The van der Waals surface area contributed by atoms with Crippen LogP contribution in [0.3, 0.4) is 0 Å². The van der Waals surface area contributed by atoms with Crippen molar-refractivity contribution in [3.8, 4) is 0 Å². The summed E-state index contributed by atoms with van der Waals surface area (Å²) in [6, 6.07) is 19.2. The number of hydrogen-bond acceptors (Lipinski definition) is 3. The van der Waals surface area contributed by atoms with Crippen molar-refractivity contribution < 1.29 is 4.39 Å². The standard InChI is InChI=1S/C30H37FN4/c1-19(31)16-34-17-24(18-34)32-23-9-7-22(8-10-23)29-28-26(25-5-3-4-6-27(25)33-28)13-20(2)35(29)30-12-11-21(14-30)15-30/h3-10,19-21,24,29,32-33H,11-18H2,1-2H3/t19-,20-,21?,29-,30?/m1/s1. The zero-order valence-corrected chi connectivity index (χ0v) is 20.9. The van der Waals surface area contributed by atoms with Gasteiger partial charge in [0.15, 0.2) is 0 Å². The normalized spacial score (nSPS) is 31.7. The molecule has 0 radical (unpaired) electrons. The number of nitrogens with one attached hydrogen (secondary N) is 2. The molecule has 2 aromatic carbocycles. The van der Waals surface area contributed by atoms with Gasteiger partial charge < -0.3 is 10.3 Å². The highest BCUT2D eigenvalue weighted by Gasteiger charge is 2.58. The Morgan fingerprint density at radius 1 is 1.11 bits per heavy atom. The van der Waals surface area contributed by atoms with E-state index < -0.39 is 6.17 Å². The molecule has 2 aliphatic heterocycles. The summed E-state index contributed by atoms with van der Waals surface area (Å²) in [4.78, 5) is 8.95. The molecule has 3 aromatic rings. The summed E-state index contributed by atoms with van der Waals surface area (Å²) in [5.41, 5.74) is 7.12. The number of hydrogen-bond donors (Lipinski definition) is 2. The number of fused-ring (bicyclic) bond motifs is 4. The van der Waals surface area contributed by atoms with Crippen LogP contribution < -0.4 is 5.32 Å². The van der Waals surface area contributed by atoms with E-state index in [0.29, 0.717) is 24.2 Å². The maximum atomic E-state index is 13.3. The van der Waals surface area contributed by atoms with Crippen LogP contribution in [-0.2, 0) is 6.42 Å². The first-order chi connectivity index (χ1) is 17.0. The molecule has 3 heterocycles. The fraction of sp³-hybridized carbons (Fsp3) is 0.533. The number of alkyl halides is 1. The Kier molecular flexibility index (Phi) is 5.05. The molecule has 184 valence electrons. The van der Waals surface area contributed by atoms with E-state index in [2.05, 4.69) is 75.6 Å². The van der Waals surface area contributed by atoms with Gasteiger partial charge in [0.25, 0.3) is 0 Å². The van der Waals surface area contributed by atoms with Crippen molar-refractivity contribution in [1.82, 2.24) is 14.8 Å². The number of likely N-dealkylation sites (tertiary alicyclic amines) is 1. The average Bonchev–Trinajstić information content (AvgIpc) is 3.50. The van der Waals surface area contributed by atoms with Gasteiger partial charge in [0.05, 0.1) is 12.1 Å². The molecule has 1 saturated heterocycles. The van der Waals surface area contributed by atoms with E-state index >= 15 is 0 Å². The Bertz CT molecular complexity index is 1210. The highest BCUT2D eigenvalue weighted by molar-refractivity contribution is 5.85. The molecule has 5 heteroatoms. The highest BCUT2D eigenvalue weighted by atomic mass is 19.1. The number of anilines is 1. The van der Waals surface area contributed by atoms with Gasteiger partial charge in [-0.2, -0.15) is 0 Å². The summed E-state index contributed by atoms with van der Waals surface area (Å²) in [5.74, 6) is 0.945. The zero-order valence-electron chi connectivity index (χ0n) is 20.9. The van der Waals surface area contributed by atoms with Crippen LogP contribution in [0.1, 0.15) is 62.4 Å². The summed E-state index contributed by atoms with van der Waals surface area (Å²) >= 11 is 0. The van der Waals surface area contributed by atoms with Crippen molar-refractivity contribution >= 4 is 16.6 Å². The fourth-order valence-electron chi connectivity index (χ4n) is 7.93. The second-order valence-electron chi connectivity index (χ2n) is 11.9. The molecule has 3 atom stereocenters. The summed E-state index contributed by atoms with van der Waals surface area (Å²) in [6.07, 6.45) is 5.87. The van der Waals surface area contributed by atoms with Gasteiger partial charge in [0.2, 0.25) is 0 Å². The number of H-pyrrole nitrogens is 1. The smallest absolute Gasteiger partial charge is 0.110 e. The molecule has 2 bridgehead atoms. The molecule has 35 heavy (non-hydrogen) atoms. The lowest BCUT2D eigenvalue weighted by molar-refractivity contribution is -0.0339. The van der Waals surface area contributed by atoms with E-state index in [0.717, 1.165) is 25.4 Å². The van der Waals surface area contributed by atoms with Gasteiger partial charge in [-0.25, -0.2) is 4.39 Å². The maximum Gasteiger partial charge on any atom is 0.110 e. The lowest BCUT2D eigenvalue weighted by Gasteiger charge is -2.55.